The molecule has 3 rings (SSSR count). The summed E-state index contributed by atoms with van der Waals surface area (Å²) in [5, 5.41) is 29.3. The van der Waals surface area contributed by atoms with E-state index in [1.54, 1.807) is 12.3 Å². The average molecular weight is 882 g/mol. The maximum absolute atomic E-state index is 15.1. The van der Waals surface area contributed by atoms with Crippen molar-refractivity contribution in [1.29, 1.82) is 0 Å². The van der Waals surface area contributed by atoms with Crippen LogP contribution in [0, 0.1) is 23.0 Å². The molecule has 0 aliphatic rings. The summed E-state index contributed by atoms with van der Waals surface area (Å²) in [6, 6.07) is 8.98. The summed E-state index contributed by atoms with van der Waals surface area (Å²) < 4.78 is 31.3. The molecule has 4 atom stereocenters. The number of rotatable bonds is 24. The van der Waals surface area contributed by atoms with Crippen molar-refractivity contribution in [1.82, 2.24) is 30.7 Å². The van der Waals surface area contributed by atoms with Crippen LogP contribution < -0.4 is 27.0 Å². The highest BCUT2D eigenvalue weighted by molar-refractivity contribution is 5.97. The van der Waals surface area contributed by atoms with Crippen LogP contribution >= 0.6 is 0 Å². The van der Waals surface area contributed by atoms with Gasteiger partial charge in [-0.3, -0.25) is 33.6 Å². The Labute approximate surface area is 366 Å². The summed E-state index contributed by atoms with van der Waals surface area (Å²) in [4.78, 5) is 90.7. The van der Waals surface area contributed by atoms with Gasteiger partial charge in [0.25, 0.3) is 0 Å². The first-order chi connectivity index (χ1) is 29.6. The number of nitrogens with two attached hydrogens (primary N) is 1. The van der Waals surface area contributed by atoms with E-state index in [0.717, 1.165) is 30.2 Å². The lowest BCUT2D eigenvalue weighted by Gasteiger charge is -2.41. The van der Waals surface area contributed by atoms with Crippen molar-refractivity contribution < 1.29 is 52.6 Å². The Balaban J connectivity index is 1.81. The number of aliphatic hydroxyl groups is 1. The Morgan fingerprint density at radius 3 is 2.10 bits per heavy atom. The fraction of sp³-hybridized carbons (Fsp3) is 0.489. The van der Waals surface area contributed by atoms with E-state index in [2.05, 4.69) is 21.3 Å². The predicted molar refractivity (Wildman–Crippen MR) is 230 cm³/mol. The largest absolute Gasteiger partial charge is 0.481 e. The lowest BCUT2D eigenvalue weighted by Crippen LogP contribution is -2.57. The Morgan fingerprint density at radius 2 is 1.49 bits per heavy atom. The smallest absolute Gasteiger partial charge is 0.305 e. The molecule has 0 saturated heterocycles. The van der Waals surface area contributed by atoms with Crippen LogP contribution in [0.3, 0.4) is 0 Å². The van der Waals surface area contributed by atoms with Crippen LogP contribution in [0.25, 0.3) is 11.1 Å². The number of nitrogens with one attached hydrogen (secondary N) is 4. The Morgan fingerprint density at radius 1 is 0.841 bits per heavy atom. The van der Waals surface area contributed by atoms with Crippen LogP contribution in [0.4, 0.5) is 8.78 Å². The van der Waals surface area contributed by atoms with Crippen LogP contribution in [-0.4, -0.2) is 98.9 Å². The van der Waals surface area contributed by atoms with E-state index in [4.69, 9.17) is 5.73 Å². The zero-order chi connectivity index (χ0) is 47.0. The third-order valence-electron chi connectivity index (χ3n) is 10.1. The number of aromatic nitrogens is 1. The van der Waals surface area contributed by atoms with Gasteiger partial charge in [-0.05, 0) is 60.9 Å². The van der Waals surface area contributed by atoms with Gasteiger partial charge in [-0.2, -0.15) is 0 Å². The summed E-state index contributed by atoms with van der Waals surface area (Å²) in [7, 11) is 0. The molecule has 16 nitrogen and oxygen atoms in total. The van der Waals surface area contributed by atoms with Crippen molar-refractivity contribution in [2.24, 2.45) is 17.1 Å². The zero-order valence-corrected chi connectivity index (χ0v) is 36.7. The van der Waals surface area contributed by atoms with E-state index >= 15 is 4.39 Å². The fourth-order valence-electron chi connectivity index (χ4n) is 7.10. The Kier molecular flexibility index (Phi) is 19.4. The van der Waals surface area contributed by atoms with Crippen LogP contribution in [0.1, 0.15) is 97.4 Å². The second-order valence-electron chi connectivity index (χ2n) is 17.0. The summed E-state index contributed by atoms with van der Waals surface area (Å²) in [6.45, 7) is 10.3. The predicted octanol–water partition coefficient (Wildman–Crippen LogP) is 3.55. The Bertz CT molecular complexity index is 2070. The SMILES string of the molecule is CC(C)CCCC(=O)N[C@@H](C)C(=O)N[C@H](CC(=O)O)C(=O)N[C@@H](CC(N)=O)C(=O)NCCCN(C(=O)CO)[C@@H](c1cc(-c2cc(F)ccc2F)cn1Cc1ccccc1)C(C)(C)C. The van der Waals surface area contributed by atoms with Gasteiger partial charge >= 0.3 is 5.97 Å². The maximum Gasteiger partial charge on any atom is 0.305 e. The number of carbonyl (C=O) groups excluding carboxylic acids is 6. The second-order valence-corrected chi connectivity index (χ2v) is 17.0. The molecule has 3 aromatic rings. The number of aliphatic carboxylic acids is 1. The molecule has 0 aliphatic heterocycles. The van der Waals surface area contributed by atoms with Gasteiger partial charge < -0.3 is 46.7 Å². The van der Waals surface area contributed by atoms with E-state index < -0.39 is 102 Å². The molecular formula is C45H61F2N7O9. The molecule has 0 unspecified atom stereocenters. The van der Waals surface area contributed by atoms with Gasteiger partial charge in [-0.25, -0.2) is 8.78 Å². The summed E-state index contributed by atoms with van der Waals surface area (Å²) in [5.74, 6) is -7.25. The number of primary amides is 1. The monoisotopic (exact) mass is 881 g/mol. The highest BCUT2D eigenvalue weighted by Gasteiger charge is 2.37. The van der Waals surface area contributed by atoms with E-state index in [1.807, 2.05) is 69.5 Å². The van der Waals surface area contributed by atoms with E-state index in [-0.39, 0.29) is 31.5 Å². The molecule has 63 heavy (non-hydrogen) atoms. The molecule has 0 spiro atoms. The Hall–Kier alpha value is -6.17. The van der Waals surface area contributed by atoms with Crippen molar-refractivity contribution in [3.8, 4) is 11.1 Å². The number of aliphatic hydroxyl groups excluding tert-OH is 1. The molecule has 2 aromatic carbocycles. The van der Waals surface area contributed by atoms with Gasteiger partial charge in [0, 0.05) is 49.1 Å². The third kappa shape index (κ3) is 16.2. The lowest BCUT2D eigenvalue weighted by molar-refractivity contribution is -0.141. The molecule has 0 saturated carbocycles. The fourth-order valence-corrected chi connectivity index (χ4v) is 7.10. The van der Waals surface area contributed by atoms with Crippen molar-refractivity contribution >= 4 is 41.4 Å². The molecular weight excluding hydrogens is 821 g/mol. The average Bonchev–Trinajstić information content (AvgIpc) is 3.60. The number of benzene rings is 2. The molecule has 6 amide bonds. The minimum atomic E-state index is -1.70. The van der Waals surface area contributed by atoms with Crippen LogP contribution in [0.2, 0.25) is 0 Å². The van der Waals surface area contributed by atoms with Gasteiger partial charge in [0.2, 0.25) is 35.4 Å². The van der Waals surface area contributed by atoms with Crippen LogP contribution in [-0.2, 0) is 40.1 Å². The molecule has 1 heterocycles. The van der Waals surface area contributed by atoms with E-state index in [1.165, 1.54) is 11.8 Å². The minimum Gasteiger partial charge on any atom is -0.481 e. The molecule has 0 radical (unpaired) electrons. The molecule has 344 valence electrons. The number of carboxylic acid groups (broad SMARTS) is 1. The van der Waals surface area contributed by atoms with Crippen molar-refractivity contribution in [2.75, 3.05) is 19.7 Å². The molecule has 0 bridgehead atoms. The summed E-state index contributed by atoms with van der Waals surface area (Å²) >= 11 is 0. The first-order valence-corrected chi connectivity index (χ1v) is 20.9. The van der Waals surface area contributed by atoms with Gasteiger partial charge in [-0.1, -0.05) is 71.4 Å². The molecule has 0 aliphatic carbocycles. The zero-order valence-electron chi connectivity index (χ0n) is 36.7. The number of nitrogens with zero attached hydrogens (tertiary/aromatic N) is 2. The van der Waals surface area contributed by atoms with Gasteiger partial charge in [0.1, 0.15) is 36.4 Å². The number of carboxylic acids is 1. The van der Waals surface area contributed by atoms with Gasteiger partial charge in [0.15, 0.2) is 0 Å². The maximum atomic E-state index is 15.1. The van der Waals surface area contributed by atoms with Gasteiger partial charge in [0.05, 0.1) is 18.9 Å². The van der Waals surface area contributed by atoms with Crippen LogP contribution in [0.15, 0.2) is 60.8 Å². The molecule has 18 heteroatoms. The van der Waals surface area contributed by atoms with Crippen molar-refractivity contribution in [3.05, 3.63) is 83.7 Å². The van der Waals surface area contributed by atoms with Crippen molar-refractivity contribution in [3.63, 3.8) is 0 Å². The number of amides is 6. The highest BCUT2D eigenvalue weighted by atomic mass is 19.1. The van der Waals surface area contributed by atoms with Gasteiger partial charge in [-0.15, -0.1) is 0 Å². The number of hydrogen-bond acceptors (Lipinski definition) is 8. The highest BCUT2D eigenvalue weighted by Crippen LogP contribution is 2.41. The quantitative estimate of drug-likeness (QED) is 0.0650. The standard InChI is InChI=1S/C45H61F2N7O9/c1-27(2)12-10-15-38(57)50-28(3)42(61)51-35(23-40(59)60)44(63)52-34(22-37(48)56)43(62)49-18-11-19-54(39(58)26-55)41(45(4,5)6)36-20-30(32-21-31(46)16-17-33(32)47)25-53(36)24-29-13-8-7-9-14-29/h7-9,13-14,16-17,20-21,25,27-28,34-35,41,55H,10-12,15,18-19,22-24,26H2,1-6H3,(H2,48,56)(H,49,62)(H,50,57)(H,51,61)(H,52,63)(H,59,60)/t28-,34-,35+,41-/m0/s1. The molecule has 1 aromatic heterocycles. The van der Waals surface area contributed by atoms with Crippen molar-refractivity contribution in [2.45, 2.75) is 111 Å². The summed E-state index contributed by atoms with van der Waals surface area (Å²) in [5.41, 5.74) is 6.49. The van der Waals surface area contributed by atoms with Crippen LogP contribution in [0.5, 0.6) is 0 Å². The number of hydrogen-bond donors (Lipinski definition) is 7. The lowest BCUT2D eigenvalue weighted by atomic mass is 9.83. The number of halogens is 2. The molecule has 0 fully saturated rings. The molecule has 8 N–H and O–H groups in total. The number of carbonyl (C=O) groups is 7. The van der Waals surface area contributed by atoms with E-state index in [9.17, 15) is 48.2 Å². The second kappa shape index (κ2) is 23.9. The minimum absolute atomic E-state index is 0.0127. The first-order valence-electron chi connectivity index (χ1n) is 20.9. The summed E-state index contributed by atoms with van der Waals surface area (Å²) in [6.07, 6.45) is 1.73. The topological polar surface area (TPSA) is 242 Å². The van der Waals surface area contributed by atoms with E-state index in [0.29, 0.717) is 30.1 Å². The third-order valence-corrected chi connectivity index (χ3v) is 10.1. The first kappa shape index (κ1) is 51.2. The normalized spacial score (nSPS) is 13.3.